The van der Waals surface area contributed by atoms with Crippen molar-refractivity contribution < 1.29 is 28.6 Å². The van der Waals surface area contributed by atoms with Gasteiger partial charge in [-0.15, -0.1) is 0 Å². The van der Waals surface area contributed by atoms with Crippen LogP contribution in [-0.2, 0) is 28.6 Å². The SMILES string of the molecule is CC/C=C\C/C=C\C/C=C\CCCCCCC(=O)OCC(COC(=O)CCCCCCCCCCCCCCCCCCCC)OC(=O)CCCCCCCC/C=C\C=C/CCCCC. The molecule has 0 aromatic carbocycles. The van der Waals surface area contributed by atoms with Crippen LogP contribution < -0.4 is 0 Å². The fraction of sp³-hybridized carbons (Fsp3) is 0.780. The van der Waals surface area contributed by atoms with Crippen molar-refractivity contribution in [3.05, 3.63) is 60.8 Å². The van der Waals surface area contributed by atoms with E-state index < -0.39 is 6.10 Å². The second kappa shape index (κ2) is 53.7. The zero-order valence-electron chi connectivity index (χ0n) is 43.0. The van der Waals surface area contributed by atoms with Crippen molar-refractivity contribution in [1.29, 1.82) is 0 Å². The van der Waals surface area contributed by atoms with E-state index >= 15 is 0 Å². The molecule has 0 fully saturated rings. The number of allylic oxidation sites excluding steroid dienone is 10. The average Bonchev–Trinajstić information content (AvgIpc) is 3.30. The van der Waals surface area contributed by atoms with E-state index in [1.807, 2.05) is 0 Å². The summed E-state index contributed by atoms with van der Waals surface area (Å²) in [5, 5.41) is 0. The van der Waals surface area contributed by atoms with Crippen molar-refractivity contribution in [2.75, 3.05) is 13.2 Å². The van der Waals surface area contributed by atoms with Crippen LogP contribution in [0.1, 0.15) is 278 Å². The van der Waals surface area contributed by atoms with Crippen LogP contribution in [0.5, 0.6) is 0 Å². The number of ether oxygens (including phenoxy) is 3. The maximum atomic E-state index is 12.8. The Kier molecular flexibility index (Phi) is 51.3. The van der Waals surface area contributed by atoms with E-state index in [0.29, 0.717) is 19.3 Å². The smallest absolute Gasteiger partial charge is 0.306 e. The molecule has 0 amide bonds. The normalized spacial score (nSPS) is 12.5. The van der Waals surface area contributed by atoms with Gasteiger partial charge in [0.25, 0.3) is 0 Å². The van der Waals surface area contributed by atoms with Crippen molar-refractivity contribution in [2.45, 2.75) is 284 Å². The first-order valence-electron chi connectivity index (χ1n) is 27.8. The summed E-state index contributed by atoms with van der Waals surface area (Å²) in [5.74, 6) is -0.909. The zero-order valence-corrected chi connectivity index (χ0v) is 43.0. The first-order valence-corrected chi connectivity index (χ1v) is 27.8. The molecule has 0 aromatic heterocycles. The molecule has 0 N–H and O–H groups in total. The van der Waals surface area contributed by atoms with Gasteiger partial charge in [-0.25, -0.2) is 0 Å². The Hall–Kier alpha value is -2.89. The van der Waals surface area contributed by atoms with Crippen molar-refractivity contribution in [3.8, 4) is 0 Å². The number of carbonyl (C=O) groups is 3. The van der Waals surface area contributed by atoms with Crippen molar-refractivity contribution in [2.24, 2.45) is 0 Å². The maximum absolute atomic E-state index is 12.8. The third-order valence-corrected chi connectivity index (χ3v) is 12.0. The number of rotatable bonds is 50. The summed E-state index contributed by atoms with van der Waals surface area (Å²) in [5.41, 5.74) is 0. The van der Waals surface area contributed by atoms with Crippen LogP contribution in [0.3, 0.4) is 0 Å². The summed E-state index contributed by atoms with van der Waals surface area (Å²) in [6.07, 6.45) is 66.3. The topological polar surface area (TPSA) is 78.9 Å². The lowest BCUT2D eigenvalue weighted by Gasteiger charge is -2.18. The summed E-state index contributed by atoms with van der Waals surface area (Å²) >= 11 is 0. The lowest BCUT2D eigenvalue weighted by Crippen LogP contribution is -2.30. The molecule has 0 spiro atoms. The van der Waals surface area contributed by atoms with Gasteiger partial charge in [0.2, 0.25) is 0 Å². The van der Waals surface area contributed by atoms with Crippen molar-refractivity contribution in [3.63, 3.8) is 0 Å². The Morgan fingerprint density at radius 2 is 0.646 bits per heavy atom. The minimum Gasteiger partial charge on any atom is -0.462 e. The van der Waals surface area contributed by atoms with E-state index in [0.717, 1.165) is 103 Å². The van der Waals surface area contributed by atoms with Gasteiger partial charge in [-0.1, -0.05) is 242 Å². The molecule has 65 heavy (non-hydrogen) atoms. The van der Waals surface area contributed by atoms with Gasteiger partial charge in [0.05, 0.1) is 0 Å². The third kappa shape index (κ3) is 51.9. The van der Waals surface area contributed by atoms with E-state index in [9.17, 15) is 14.4 Å². The molecule has 0 rings (SSSR count). The third-order valence-electron chi connectivity index (χ3n) is 12.0. The predicted molar refractivity (Wildman–Crippen MR) is 279 cm³/mol. The Bertz CT molecular complexity index is 1180. The Balaban J connectivity index is 4.38. The standard InChI is InChI=1S/C59H104O6/c1-4-7-10-13-16-19-22-25-28-29-30-32-34-37-40-43-46-49-52-58(61)64-55-56(54-63-57(60)51-48-45-42-39-36-33-27-24-21-18-15-12-9-6-3)65-59(62)53-50-47-44-41-38-35-31-26-23-20-17-14-11-8-5-2/h9,12,17-18,20-21,23,26-27,33,56H,4-8,10-11,13-16,19,22,24-25,28-32,34-55H2,1-3H3/b12-9-,20-17-,21-18-,26-23-,33-27-. The molecule has 0 saturated carbocycles. The fourth-order valence-corrected chi connectivity index (χ4v) is 7.86. The van der Waals surface area contributed by atoms with Gasteiger partial charge in [-0.2, -0.15) is 0 Å². The van der Waals surface area contributed by atoms with Crippen LogP contribution in [0.4, 0.5) is 0 Å². The highest BCUT2D eigenvalue weighted by Gasteiger charge is 2.19. The molecule has 0 aromatic rings. The predicted octanol–water partition coefficient (Wildman–Crippen LogP) is 18.4. The number of carbonyl (C=O) groups excluding carboxylic acids is 3. The maximum Gasteiger partial charge on any atom is 0.306 e. The van der Waals surface area contributed by atoms with E-state index in [4.69, 9.17) is 14.2 Å². The van der Waals surface area contributed by atoms with Crippen molar-refractivity contribution in [1.82, 2.24) is 0 Å². The molecule has 376 valence electrons. The van der Waals surface area contributed by atoms with Gasteiger partial charge in [-0.3, -0.25) is 14.4 Å². The zero-order chi connectivity index (χ0) is 47.2. The molecular formula is C59H104O6. The first-order chi connectivity index (χ1) is 32.0. The molecule has 0 radical (unpaired) electrons. The molecule has 0 saturated heterocycles. The Morgan fingerprint density at radius 1 is 0.338 bits per heavy atom. The molecule has 6 heteroatoms. The van der Waals surface area contributed by atoms with Crippen LogP contribution in [-0.4, -0.2) is 37.2 Å². The number of esters is 3. The quantitative estimate of drug-likeness (QED) is 0.0199. The van der Waals surface area contributed by atoms with E-state index in [-0.39, 0.29) is 31.1 Å². The van der Waals surface area contributed by atoms with Crippen LogP contribution in [0.25, 0.3) is 0 Å². The molecule has 0 bridgehead atoms. The highest BCUT2D eigenvalue weighted by atomic mass is 16.6. The minimum absolute atomic E-state index is 0.0841. The van der Waals surface area contributed by atoms with Crippen LogP contribution in [0.15, 0.2) is 60.8 Å². The van der Waals surface area contributed by atoms with E-state index in [1.54, 1.807) is 0 Å². The van der Waals surface area contributed by atoms with E-state index in [2.05, 4.69) is 81.5 Å². The number of hydrogen-bond donors (Lipinski definition) is 0. The summed E-state index contributed by atoms with van der Waals surface area (Å²) in [6, 6.07) is 0. The van der Waals surface area contributed by atoms with Crippen molar-refractivity contribution >= 4 is 17.9 Å². The van der Waals surface area contributed by atoms with Gasteiger partial charge in [0.1, 0.15) is 13.2 Å². The largest absolute Gasteiger partial charge is 0.462 e. The second-order valence-electron chi connectivity index (χ2n) is 18.5. The Morgan fingerprint density at radius 3 is 1.06 bits per heavy atom. The number of hydrogen-bond acceptors (Lipinski definition) is 6. The molecule has 0 aliphatic rings. The molecule has 0 heterocycles. The average molecular weight is 909 g/mol. The molecule has 1 unspecified atom stereocenters. The summed E-state index contributed by atoms with van der Waals surface area (Å²) in [6.45, 7) is 6.49. The summed E-state index contributed by atoms with van der Waals surface area (Å²) in [4.78, 5) is 38.1. The summed E-state index contributed by atoms with van der Waals surface area (Å²) < 4.78 is 16.8. The van der Waals surface area contributed by atoms with Gasteiger partial charge in [0, 0.05) is 19.3 Å². The molecule has 1 atom stereocenters. The van der Waals surface area contributed by atoms with Crippen LogP contribution >= 0.6 is 0 Å². The molecule has 0 aliphatic heterocycles. The first kappa shape index (κ1) is 62.1. The number of unbranched alkanes of at least 4 members (excludes halogenated alkanes) is 30. The lowest BCUT2D eigenvalue weighted by molar-refractivity contribution is -0.167. The van der Waals surface area contributed by atoms with Gasteiger partial charge >= 0.3 is 17.9 Å². The molecule has 0 aliphatic carbocycles. The van der Waals surface area contributed by atoms with Crippen LogP contribution in [0, 0.1) is 0 Å². The van der Waals surface area contributed by atoms with Gasteiger partial charge in [0.15, 0.2) is 6.10 Å². The van der Waals surface area contributed by atoms with Gasteiger partial charge in [-0.05, 0) is 77.0 Å². The lowest BCUT2D eigenvalue weighted by atomic mass is 10.0. The van der Waals surface area contributed by atoms with Crippen LogP contribution in [0.2, 0.25) is 0 Å². The van der Waals surface area contributed by atoms with E-state index in [1.165, 1.54) is 135 Å². The highest BCUT2D eigenvalue weighted by molar-refractivity contribution is 5.71. The monoisotopic (exact) mass is 909 g/mol. The van der Waals surface area contributed by atoms with Gasteiger partial charge < -0.3 is 14.2 Å². The fourth-order valence-electron chi connectivity index (χ4n) is 7.86. The Labute approximate surface area is 402 Å². The highest BCUT2D eigenvalue weighted by Crippen LogP contribution is 2.16. The molecule has 6 nitrogen and oxygen atoms in total. The summed E-state index contributed by atoms with van der Waals surface area (Å²) in [7, 11) is 0. The molecular weight excluding hydrogens is 805 g/mol. The minimum atomic E-state index is -0.788. The second-order valence-corrected chi connectivity index (χ2v) is 18.5.